The number of anilines is 1. The third-order valence-electron chi connectivity index (χ3n) is 4.84. The number of rotatable bonds is 7. The highest BCUT2D eigenvalue weighted by molar-refractivity contribution is 7.09. The van der Waals surface area contributed by atoms with Crippen LogP contribution in [0.2, 0.25) is 0 Å². The summed E-state index contributed by atoms with van der Waals surface area (Å²) in [5, 5.41) is 4.48. The van der Waals surface area contributed by atoms with Crippen LogP contribution in [0.1, 0.15) is 25.6 Å². The number of aryl methyl sites for hydroxylation is 2. The normalized spacial score (nSPS) is 15.1. The Labute approximate surface area is 170 Å². The lowest BCUT2D eigenvalue weighted by Crippen LogP contribution is -2.52. The van der Waals surface area contributed by atoms with Crippen LogP contribution in [0.5, 0.6) is 0 Å². The fourth-order valence-corrected chi connectivity index (χ4v) is 4.01. The fourth-order valence-electron chi connectivity index (χ4n) is 3.21. The minimum Gasteiger partial charge on any atom is -0.356 e. The van der Waals surface area contributed by atoms with Gasteiger partial charge in [-0.3, -0.25) is 9.79 Å². The fraction of sp³-hybridized carbons (Fsp3) is 0.579. The van der Waals surface area contributed by atoms with Crippen LogP contribution in [0, 0.1) is 0 Å². The van der Waals surface area contributed by atoms with Crippen molar-refractivity contribution < 1.29 is 0 Å². The third kappa shape index (κ3) is 5.31. The Hall–Kier alpha value is -2.42. The zero-order valence-electron chi connectivity index (χ0n) is 16.7. The molecular formula is C19H29N7OS. The lowest BCUT2D eigenvalue weighted by Gasteiger charge is -2.36. The van der Waals surface area contributed by atoms with Crippen LogP contribution in [-0.4, -0.2) is 64.6 Å². The Morgan fingerprint density at radius 2 is 2.07 bits per heavy atom. The van der Waals surface area contributed by atoms with E-state index in [-0.39, 0.29) is 5.56 Å². The highest BCUT2D eigenvalue weighted by atomic mass is 32.1. The van der Waals surface area contributed by atoms with Crippen molar-refractivity contribution in [3.05, 3.63) is 40.6 Å². The average Bonchev–Trinajstić information content (AvgIpc) is 3.21. The van der Waals surface area contributed by atoms with Crippen molar-refractivity contribution in [1.82, 2.24) is 24.1 Å². The van der Waals surface area contributed by atoms with Gasteiger partial charge < -0.3 is 19.7 Å². The standard InChI is InChI=1S/C19H29N7OS/c1-3-16-22-19(28-23-16)26-14-12-25(13-15-26)18(20-2)21-9-5-7-11-24-10-6-4-8-17(24)27/h4,6,8,10H,3,5,7,9,11-15H2,1-2H3,(H,20,21). The van der Waals surface area contributed by atoms with Crippen molar-refractivity contribution in [3.8, 4) is 0 Å². The van der Waals surface area contributed by atoms with Crippen LogP contribution in [0.15, 0.2) is 34.2 Å². The van der Waals surface area contributed by atoms with E-state index in [0.717, 1.165) is 75.4 Å². The molecule has 0 saturated carbocycles. The van der Waals surface area contributed by atoms with Crippen molar-refractivity contribution in [2.45, 2.75) is 32.7 Å². The number of nitrogens with one attached hydrogen (secondary N) is 1. The Bertz CT molecular complexity index is 823. The molecule has 3 heterocycles. The van der Waals surface area contributed by atoms with E-state index in [0.29, 0.717) is 0 Å². The SMILES string of the molecule is CCc1nsc(N2CCN(C(=NC)NCCCCn3ccccc3=O)CC2)n1. The quantitative estimate of drug-likeness (QED) is 0.428. The summed E-state index contributed by atoms with van der Waals surface area (Å²) in [4.78, 5) is 25.3. The molecule has 1 N–H and O–H groups in total. The first kappa shape index (κ1) is 20.3. The molecule has 28 heavy (non-hydrogen) atoms. The predicted molar refractivity (Wildman–Crippen MR) is 114 cm³/mol. The van der Waals surface area contributed by atoms with E-state index in [1.54, 1.807) is 16.7 Å². The molecule has 0 spiro atoms. The van der Waals surface area contributed by atoms with Crippen molar-refractivity contribution in [2.75, 3.05) is 44.7 Å². The Morgan fingerprint density at radius 1 is 1.25 bits per heavy atom. The zero-order chi connectivity index (χ0) is 19.8. The van der Waals surface area contributed by atoms with Crippen LogP contribution in [0.3, 0.4) is 0 Å². The Balaban J connectivity index is 1.38. The van der Waals surface area contributed by atoms with Gasteiger partial charge in [0.25, 0.3) is 0 Å². The Kier molecular flexibility index (Phi) is 7.41. The van der Waals surface area contributed by atoms with Gasteiger partial charge in [0.15, 0.2) is 5.96 Å². The topological polar surface area (TPSA) is 78.7 Å². The Morgan fingerprint density at radius 3 is 2.75 bits per heavy atom. The maximum absolute atomic E-state index is 11.7. The van der Waals surface area contributed by atoms with Crippen LogP contribution in [0.25, 0.3) is 0 Å². The average molecular weight is 404 g/mol. The lowest BCUT2D eigenvalue weighted by atomic mass is 10.3. The summed E-state index contributed by atoms with van der Waals surface area (Å²) in [5.74, 6) is 1.88. The molecule has 0 aliphatic carbocycles. The number of aliphatic imine (C=N–C) groups is 1. The molecule has 2 aromatic heterocycles. The number of piperazine rings is 1. The maximum atomic E-state index is 11.7. The zero-order valence-corrected chi connectivity index (χ0v) is 17.5. The summed E-state index contributed by atoms with van der Waals surface area (Å²) >= 11 is 1.49. The van der Waals surface area contributed by atoms with E-state index < -0.39 is 0 Å². The second-order valence-electron chi connectivity index (χ2n) is 6.73. The van der Waals surface area contributed by atoms with Crippen LogP contribution >= 0.6 is 11.5 Å². The van der Waals surface area contributed by atoms with Gasteiger partial charge in [0.1, 0.15) is 5.82 Å². The molecule has 0 radical (unpaired) electrons. The molecule has 9 heteroatoms. The van der Waals surface area contributed by atoms with E-state index >= 15 is 0 Å². The van der Waals surface area contributed by atoms with E-state index in [1.165, 1.54) is 11.5 Å². The van der Waals surface area contributed by atoms with Crippen molar-refractivity contribution in [2.24, 2.45) is 4.99 Å². The lowest BCUT2D eigenvalue weighted by molar-refractivity contribution is 0.371. The number of nitrogens with zero attached hydrogens (tertiary/aromatic N) is 6. The van der Waals surface area contributed by atoms with Gasteiger partial charge in [-0.1, -0.05) is 13.0 Å². The molecule has 0 unspecified atom stereocenters. The molecule has 8 nitrogen and oxygen atoms in total. The number of hydrogen-bond acceptors (Lipinski definition) is 6. The van der Waals surface area contributed by atoms with Crippen LogP contribution in [0.4, 0.5) is 5.13 Å². The number of pyridine rings is 1. The molecule has 152 valence electrons. The summed E-state index contributed by atoms with van der Waals surface area (Å²) in [7, 11) is 1.83. The second kappa shape index (κ2) is 10.2. The molecule has 0 bridgehead atoms. The van der Waals surface area contributed by atoms with Crippen LogP contribution < -0.4 is 15.8 Å². The molecule has 0 aromatic carbocycles. The molecule has 1 fully saturated rings. The number of hydrogen-bond donors (Lipinski definition) is 1. The maximum Gasteiger partial charge on any atom is 0.250 e. The predicted octanol–water partition coefficient (Wildman–Crippen LogP) is 1.44. The summed E-state index contributed by atoms with van der Waals surface area (Å²) in [6.07, 6.45) is 4.67. The molecule has 1 aliphatic rings. The van der Waals surface area contributed by atoms with Gasteiger partial charge in [0, 0.05) is 76.5 Å². The highest BCUT2D eigenvalue weighted by Crippen LogP contribution is 2.19. The summed E-state index contributed by atoms with van der Waals surface area (Å²) in [6, 6.07) is 5.27. The first-order valence-electron chi connectivity index (χ1n) is 9.90. The molecule has 1 saturated heterocycles. The monoisotopic (exact) mass is 403 g/mol. The first-order valence-corrected chi connectivity index (χ1v) is 10.7. The minimum absolute atomic E-state index is 0.0608. The molecule has 0 atom stereocenters. The van der Waals surface area contributed by atoms with Gasteiger partial charge in [0.2, 0.25) is 10.7 Å². The van der Waals surface area contributed by atoms with Gasteiger partial charge in [-0.25, -0.2) is 4.98 Å². The summed E-state index contributed by atoms with van der Waals surface area (Å²) in [5.41, 5.74) is 0.0608. The molecule has 2 aromatic rings. The minimum atomic E-state index is 0.0608. The van der Waals surface area contributed by atoms with Gasteiger partial charge in [-0.15, -0.1) is 0 Å². The van der Waals surface area contributed by atoms with Crippen LogP contribution in [-0.2, 0) is 13.0 Å². The third-order valence-corrected chi connectivity index (χ3v) is 5.66. The first-order chi connectivity index (χ1) is 13.7. The van der Waals surface area contributed by atoms with Crippen molar-refractivity contribution in [1.29, 1.82) is 0 Å². The number of aromatic nitrogens is 3. The van der Waals surface area contributed by atoms with Gasteiger partial charge in [0.05, 0.1) is 0 Å². The van der Waals surface area contributed by atoms with Gasteiger partial charge in [-0.2, -0.15) is 4.37 Å². The molecule has 0 amide bonds. The highest BCUT2D eigenvalue weighted by Gasteiger charge is 2.21. The van der Waals surface area contributed by atoms with E-state index in [9.17, 15) is 4.79 Å². The smallest absolute Gasteiger partial charge is 0.250 e. The van der Waals surface area contributed by atoms with Crippen molar-refractivity contribution in [3.63, 3.8) is 0 Å². The van der Waals surface area contributed by atoms with E-state index in [4.69, 9.17) is 0 Å². The second-order valence-corrected chi connectivity index (χ2v) is 7.46. The number of unbranched alkanes of at least 4 members (excludes halogenated alkanes) is 1. The van der Waals surface area contributed by atoms with Crippen molar-refractivity contribution >= 4 is 22.6 Å². The largest absolute Gasteiger partial charge is 0.356 e. The summed E-state index contributed by atoms with van der Waals surface area (Å²) < 4.78 is 6.14. The van der Waals surface area contributed by atoms with E-state index in [1.807, 2.05) is 19.3 Å². The van der Waals surface area contributed by atoms with E-state index in [2.05, 4.69) is 36.4 Å². The number of guanidine groups is 1. The molecule has 3 rings (SSSR count). The van der Waals surface area contributed by atoms with Gasteiger partial charge >= 0.3 is 0 Å². The summed E-state index contributed by atoms with van der Waals surface area (Å²) in [6.45, 7) is 7.37. The molecular weight excluding hydrogens is 374 g/mol. The van der Waals surface area contributed by atoms with Gasteiger partial charge in [-0.05, 0) is 18.9 Å². The molecule has 1 aliphatic heterocycles.